The highest BCUT2D eigenvalue weighted by atomic mass is 16.5. The number of rotatable bonds is 3. The third kappa shape index (κ3) is 6.40. The van der Waals surface area contributed by atoms with E-state index in [4.69, 9.17) is 9.47 Å². The van der Waals surface area contributed by atoms with Crippen molar-refractivity contribution < 1.29 is 23.9 Å². The molecule has 0 unspecified atom stereocenters. The Hall–Kier alpha value is -4.32. The Morgan fingerprint density at radius 2 is 2.05 bits per heavy atom. The van der Waals surface area contributed by atoms with E-state index in [-0.39, 0.29) is 36.8 Å². The molecule has 1 aromatic heterocycles. The standard InChI is InChI=1S/C27H31N7O5/c1-18-6-7-20-13-24(18)39-21-5-3-4-19(12-21)16-38-23-8-10-33(26(36)9-11-34-17-28-30-31-34)14-22(23)29-25(35)15-32(2)27(20)37/h3-7,12-13,17,22-23H,8-11,14-16H2,1-2H3,(H,29,35)/t22-,23+/m0/s1. The van der Waals surface area contributed by atoms with E-state index in [9.17, 15) is 14.4 Å². The first-order valence-corrected chi connectivity index (χ1v) is 12.9. The van der Waals surface area contributed by atoms with E-state index in [1.54, 1.807) is 24.1 Å². The summed E-state index contributed by atoms with van der Waals surface area (Å²) in [5.74, 6) is 0.521. The number of hydrogen-bond acceptors (Lipinski definition) is 8. The maximum Gasteiger partial charge on any atom is 0.254 e. The molecule has 1 fully saturated rings. The lowest BCUT2D eigenvalue weighted by Crippen LogP contribution is -2.58. The highest BCUT2D eigenvalue weighted by molar-refractivity contribution is 5.96. The molecule has 0 spiro atoms. The summed E-state index contributed by atoms with van der Waals surface area (Å²) in [6, 6.07) is 12.4. The number of hydrogen-bond donors (Lipinski definition) is 1. The van der Waals surface area contributed by atoms with Crippen LogP contribution < -0.4 is 10.1 Å². The number of carbonyl (C=O) groups is 3. The van der Waals surface area contributed by atoms with Gasteiger partial charge in [-0.05, 0) is 59.2 Å². The molecular formula is C27H31N7O5. The van der Waals surface area contributed by atoms with Crippen molar-refractivity contribution in [3.63, 3.8) is 0 Å². The number of aryl methyl sites for hydroxylation is 2. The average Bonchev–Trinajstić information content (AvgIpc) is 3.45. The van der Waals surface area contributed by atoms with E-state index < -0.39 is 6.04 Å². The summed E-state index contributed by atoms with van der Waals surface area (Å²) in [7, 11) is 1.58. The first-order chi connectivity index (χ1) is 18.9. The van der Waals surface area contributed by atoms with Crippen molar-refractivity contribution in [3.05, 3.63) is 65.5 Å². The first kappa shape index (κ1) is 26.3. The Kier molecular flexibility index (Phi) is 7.82. The number of likely N-dealkylation sites (N-methyl/N-ethyl adjacent to an activating group) is 1. The van der Waals surface area contributed by atoms with Crippen LogP contribution in [0.4, 0.5) is 0 Å². The van der Waals surface area contributed by atoms with Crippen LogP contribution in [-0.2, 0) is 27.5 Å². The molecule has 3 heterocycles. The third-order valence-corrected chi connectivity index (χ3v) is 6.95. The number of piperidine rings is 1. The lowest BCUT2D eigenvalue weighted by molar-refractivity contribution is -0.137. The molecule has 2 aliphatic heterocycles. The number of tetrazole rings is 1. The zero-order valence-electron chi connectivity index (χ0n) is 21.9. The molecule has 1 N–H and O–H groups in total. The smallest absolute Gasteiger partial charge is 0.254 e. The Bertz CT molecular complexity index is 1350. The highest BCUT2D eigenvalue weighted by Gasteiger charge is 2.33. The molecule has 4 bridgehead atoms. The van der Waals surface area contributed by atoms with Gasteiger partial charge < -0.3 is 24.6 Å². The molecule has 0 radical (unpaired) electrons. The lowest BCUT2D eigenvalue weighted by atomic mass is 10.0. The summed E-state index contributed by atoms with van der Waals surface area (Å²) in [4.78, 5) is 42.2. The Morgan fingerprint density at radius 1 is 1.18 bits per heavy atom. The number of likely N-dealkylation sites (tertiary alicyclic amines) is 1. The minimum atomic E-state index is -0.440. The fourth-order valence-electron chi connectivity index (χ4n) is 4.78. The summed E-state index contributed by atoms with van der Waals surface area (Å²) in [6.45, 7) is 3.26. The monoisotopic (exact) mass is 533 g/mol. The van der Waals surface area contributed by atoms with Gasteiger partial charge in [-0.25, -0.2) is 4.68 Å². The number of ether oxygens (including phenoxy) is 2. The van der Waals surface area contributed by atoms with Gasteiger partial charge in [-0.2, -0.15) is 0 Å². The largest absolute Gasteiger partial charge is 0.457 e. The number of amides is 3. The predicted molar refractivity (Wildman–Crippen MR) is 139 cm³/mol. The molecule has 12 heteroatoms. The molecule has 1 saturated heterocycles. The van der Waals surface area contributed by atoms with Crippen LogP contribution >= 0.6 is 0 Å². The van der Waals surface area contributed by atoms with E-state index >= 15 is 0 Å². The maximum absolute atomic E-state index is 13.1. The van der Waals surface area contributed by atoms with Gasteiger partial charge in [0.15, 0.2) is 0 Å². The molecule has 12 nitrogen and oxygen atoms in total. The molecule has 0 saturated carbocycles. The maximum atomic E-state index is 13.1. The topological polar surface area (TPSA) is 132 Å². The second kappa shape index (κ2) is 11.6. The summed E-state index contributed by atoms with van der Waals surface area (Å²) in [5.41, 5.74) is 2.22. The molecular weight excluding hydrogens is 502 g/mol. The second-order valence-corrected chi connectivity index (χ2v) is 9.87. The van der Waals surface area contributed by atoms with Gasteiger partial charge in [-0.1, -0.05) is 18.2 Å². The fourth-order valence-corrected chi connectivity index (χ4v) is 4.78. The van der Waals surface area contributed by atoms with Crippen LogP contribution in [-0.4, -0.2) is 86.6 Å². The van der Waals surface area contributed by atoms with Crippen LogP contribution in [0, 0.1) is 6.92 Å². The lowest BCUT2D eigenvalue weighted by Gasteiger charge is -2.39. The second-order valence-electron chi connectivity index (χ2n) is 9.87. The summed E-state index contributed by atoms with van der Waals surface area (Å²) in [5, 5.41) is 14.0. The zero-order valence-corrected chi connectivity index (χ0v) is 21.9. The molecule has 3 aromatic rings. The number of fused-ring (bicyclic) bond motifs is 5. The van der Waals surface area contributed by atoms with E-state index in [1.165, 1.54) is 15.9 Å². The van der Waals surface area contributed by atoms with Gasteiger partial charge in [0.25, 0.3) is 5.91 Å². The van der Waals surface area contributed by atoms with Crippen LogP contribution in [0.1, 0.15) is 34.3 Å². The zero-order chi connectivity index (χ0) is 27.4. The molecule has 2 aromatic carbocycles. The van der Waals surface area contributed by atoms with Crippen LogP contribution in [0.15, 0.2) is 48.8 Å². The quantitative estimate of drug-likeness (QED) is 0.537. The minimum Gasteiger partial charge on any atom is -0.457 e. The van der Waals surface area contributed by atoms with Crippen LogP contribution in [0.3, 0.4) is 0 Å². The van der Waals surface area contributed by atoms with Gasteiger partial charge in [0.2, 0.25) is 11.8 Å². The van der Waals surface area contributed by atoms with Crippen molar-refractivity contribution in [2.75, 3.05) is 26.7 Å². The highest BCUT2D eigenvalue weighted by Crippen LogP contribution is 2.28. The van der Waals surface area contributed by atoms with Crippen LogP contribution in [0.5, 0.6) is 11.5 Å². The Morgan fingerprint density at radius 3 is 2.87 bits per heavy atom. The summed E-state index contributed by atoms with van der Waals surface area (Å²) < 4.78 is 13.9. The predicted octanol–water partition coefficient (Wildman–Crippen LogP) is 1.55. The Balaban J connectivity index is 1.35. The van der Waals surface area contributed by atoms with E-state index in [2.05, 4.69) is 20.8 Å². The SMILES string of the molecule is Cc1ccc2cc1Oc1cccc(c1)CO[C@@H]1CCN(C(=O)CCn3cnnn3)C[C@@H]1NC(=O)CN(C)C2=O. The van der Waals surface area contributed by atoms with E-state index in [0.717, 1.165) is 11.1 Å². The van der Waals surface area contributed by atoms with Crippen molar-refractivity contribution in [2.24, 2.45) is 0 Å². The average molecular weight is 534 g/mol. The van der Waals surface area contributed by atoms with Crippen molar-refractivity contribution in [1.82, 2.24) is 35.3 Å². The van der Waals surface area contributed by atoms with Crippen molar-refractivity contribution in [2.45, 2.75) is 45.1 Å². The molecule has 39 heavy (non-hydrogen) atoms. The van der Waals surface area contributed by atoms with Gasteiger partial charge in [0.05, 0.1) is 31.8 Å². The first-order valence-electron chi connectivity index (χ1n) is 12.9. The normalized spacial score (nSPS) is 20.2. The number of nitrogens with one attached hydrogen (secondary N) is 1. The number of nitrogens with zero attached hydrogens (tertiary/aromatic N) is 6. The summed E-state index contributed by atoms with van der Waals surface area (Å²) >= 11 is 0. The van der Waals surface area contributed by atoms with Gasteiger partial charge in [0.1, 0.15) is 17.8 Å². The molecule has 204 valence electrons. The third-order valence-electron chi connectivity index (χ3n) is 6.95. The van der Waals surface area contributed by atoms with Gasteiger partial charge in [-0.15, -0.1) is 5.10 Å². The van der Waals surface area contributed by atoms with Crippen LogP contribution in [0.25, 0.3) is 0 Å². The van der Waals surface area contributed by atoms with Crippen LogP contribution in [0.2, 0.25) is 0 Å². The molecule has 5 rings (SSSR count). The number of carbonyl (C=O) groups excluding carboxylic acids is 3. The summed E-state index contributed by atoms with van der Waals surface area (Å²) in [6.07, 6.45) is 1.94. The van der Waals surface area contributed by atoms with E-state index in [0.29, 0.717) is 49.7 Å². The molecule has 2 aliphatic rings. The number of aromatic nitrogens is 4. The van der Waals surface area contributed by atoms with Gasteiger partial charge in [0, 0.05) is 32.1 Å². The van der Waals surface area contributed by atoms with Crippen molar-refractivity contribution >= 4 is 17.7 Å². The van der Waals surface area contributed by atoms with E-state index in [1.807, 2.05) is 37.3 Å². The molecule has 3 amide bonds. The van der Waals surface area contributed by atoms with Gasteiger partial charge in [-0.3, -0.25) is 14.4 Å². The van der Waals surface area contributed by atoms with Crippen molar-refractivity contribution in [1.29, 1.82) is 0 Å². The molecule has 0 aliphatic carbocycles. The fraction of sp³-hybridized carbons (Fsp3) is 0.407. The molecule has 2 atom stereocenters. The van der Waals surface area contributed by atoms with Crippen molar-refractivity contribution in [3.8, 4) is 11.5 Å². The van der Waals surface area contributed by atoms with Gasteiger partial charge >= 0.3 is 0 Å². The number of benzene rings is 2. The Labute approximate surface area is 225 Å². The minimum absolute atomic E-state index is 0.0577.